The maximum atomic E-state index is 5.57. The average Bonchev–Trinajstić information content (AvgIpc) is 2.43. The van der Waals surface area contributed by atoms with Gasteiger partial charge in [-0.15, -0.1) is 11.8 Å². The molecule has 1 atom stereocenters. The predicted molar refractivity (Wildman–Crippen MR) is 93.7 cm³/mol. The van der Waals surface area contributed by atoms with E-state index in [1.165, 1.54) is 69.8 Å². The Morgan fingerprint density at radius 3 is 2.50 bits per heavy atom. The van der Waals surface area contributed by atoms with Gasteiger partial charge < -0.3 is 5.73 Å². The van der Waals surface area contributed by atoms with Gasteiger partial charge >= 0.3 is 0 Å². The van der Waals surface area contributed by atoms with Crippen LogP contribution in [0.3, 0.4) is 0 Å². The van der Waals surface area contributed by atoms with Crippen LogP contribution in [0.4, 0.5) is 0 Å². The lowest BCUT2D eigenvalue weighted by Gasteiger charge is -2.26. The molecule has 0 aromatic heterocycles. The lowest BCUT2D eigenvalue weighted by molar-refractivity contribution is 0.341. The molecule has 20 heavy (non-hydrogen) atoms. The minimum absolute atomic E-state index is 0.739. The van der Waals surface area contributed by atoms with Crippen molar-refractivity contribution in [1.29, 1.82) is 0 Å². The van der Waals surface area contributed by atoms with Crippen molar-refractivity contribution in [1.82, 2.24) is 0 Å². The molecule has 1 aliphatic rings. The van der Waals surface area contributed by atoms with Crippen LogP contribution in [0.15, 0.2) is 23.8 Å². The van der Waals surface area contributed by atoms with Gasteiger partial charge in [-0.1, -0.05) is 64.2 Å². The Balaban J connectivity index is 2.19. The normalized spacial score (nSPS) is 17.9. The van der Waals surface area contributed by atoms with Gasteiger partial charge in [-0.3, -0.25) is 0 Å². The molecule has 2 heteroatoms. The molecule has 0 spiro atoms. The van der Waals surface area contributed by atoms with Gasteiger partial charge in [0.15, 0.2) is 0 Å². The molecular formula is C18H33NS. The molecule has 0 heterocycles. The van der Waals surface area contributed by atoms with Crippen molar-refractivity contribution < 1.29 is 0 Å². The maximum absolute atomic E-state index is 5.57. The third-order valence-corrected chi connectivity index (χ3v) is 5.44. The van der Waals surface area contributed by atoms with E-state index >= 15 is 0 Å². The van der Waals surface area contributed by atoms with E-state index in [-0.39, 0.29) is 0 Å². The van der Waals surface area contributed by atoms with Crippen molar-refractivity contribution in [3.8, 4) is 0 Å². The number of thioether (sulfide) groups is 1. The van der Waals surface area contributed by atoms with Crippen molar-refractivity contribution >= 4 is 11.8 Å². The summed E-state index contributed by atoms with van der Waals surface area (Å²) in [5, 5.41) is 0.749. The molecule has 1 fully saturated rings. The Kier molecular flexibility index (Phi) is 9.17. The smallest absolute Gasteiger partial charge is 0.0581 e. The largest absolute Gasteiger partial charge is 0.394 e. The fraction of sp³-hybridized carbons (Fsp3) is 0.778. The zero-order valence-electron chi connectivity index (χ0n) is 13.3. The van der Waals surface area contributed by atoms with Crippen LogP contribution in [0.2, 0.25) is 0 Å². The van der Waals surface area contributed by atoms with Gasteiger partial charge in [0.05, 0.1) is 5.03 Å². The van der Waals surface area contributed by atoms with Crippen LogP contribution in [-0.2, 0) is 0 Å². The first kappa shape index (κ1) is 17.7. The Hall–Kier alpha value is -0.370. The monoisotopic (exact) mass is 295 g/mol. The summed E-state index contributed by atoms with van der Waals surface area (Å²) in [6.07, 6.45) is 13.6. The number of hydrogen-bond donors (Lipinski definition) is 1. The summed E-state index contributed by atoms with van der Waals surface area (Å²) in [4.78, 5) is 0. The predicted octanol–water partition coefficient (Wildman–Crippen LogP) is 5.87. The van der Waals surface area contributed by atoms with Crippen LogP contribution in [0.5, 0.6) is 0 Å². The van der Waals surface area contributed by atoms with Gasteiger partial charge in [0, 0.05) is 0 Å². The Labute approximate surface area is 130 Å². The minimum Gasteiger partial charge on any atom is -0.394 e. The molecule has 1 aliphatic carbocycles. The average molecular weight is 296 g/mol. The van der Waals surface area contributed by atoms with E-state index in [2.05, 4.69) is 20.1 Å². The highest BCUT2D eigenvalue weighted by molar-refractivity contribution is 8.02. The fourth-order valence-corrected chi connectivity index (χ4v) is 3.93. The van der Waals surface area contributed by atoms with Gasteiger partial charge in [0.2, 0.25) is 0 Å². The Morgan fingerprint density at radius 2 is 1.90 bits per heavy atom. The van der Waals surface area contributed by atoms with Crippen LogP contribution < -0.4 is 5.73 Å². The molecule has 0 amide bonds. The molecule has 0 radical (unpaired) electrons. The van der Waals surface area contributed by atoms with Crippen molar-refractivity contribution in [2.75, 3.05) is 5.75 Å². The highest BCUT2D eigenvalue weighted by Gasteiger charge is 2.18. The number of nitrogens with two attached hydrogens (primary N) is 1. The standard InChI is InChI=1S/C18H33NS/c1-4-18(12-8-9-13-20-16(3)19)15(2)14-17-10-6-5-7-11-17/h17-18H,2-14,19H2,1H3. The molecule has 0 aromatic carbocycles. The fourth-order valence-electron chi connectivity index (χ4n) is 3.32. The Morgan fingerprint density at radius 1 is 1.20 bits per heavy atom. The summed E-state index contributed by atoms with van der Waals surface area (Å²) in [5.74, 6) is 2.78. The molecule has 1 rings (SSSR count). The summed E-state index contributed by atoms with van der Waals surface area (Å²) in [6.45, 7) is 10.4. The van der Waals surface area contributed by atoms with E-state index in [0.717, 1.165) is 22.6 Å². The van der Waals surface area contributed by atoms with E-state index in [0.29, 0.717) is 0 Å². The quantitative estimate of drug-likeness (QED) is 0.403. The highest BCUT2D eigenvalue weighted by atomic mass is 32.2. The third kappa shape index (κ3) is 7.42. The minimum atomic E-state index is 0.739. The lowest BCUT2D eigenvalue weighted by Crippen LogP contribution is -2.11. The van der Waals surface area contributed by atoms with Gasteiger partial charge in [0.25, 0.3) is 0 Å². The Bertz CT molecular complexity index is 292. The second-order valence-corrected chi connectivity index (χ2v) is 7.50. The zero-order chi connectivity index (χ0) is 14.8. The maximum Gasteiger partial charge on any atom is 0.0581 e. The molecule has 0 aromatic rings. The van der Waals surface area contributed by atoms with Crippen molar-refractivity contribution in [3.05, 3.63) is 23.8 Å². The van der Waals surface area contributed by atoms with Crippen molar-refractivity contribution in [2.24, 2.45) is 17.6 Å². The molecule has 0 aliphatic heterocycles. The molecule has 1 saturated carbocycles. The summed E-state index contributed by atoms with van der Waals surface area (Å²) < 4.78 is 0. The summed E-state index contributed by atoms with van der Waals surface area (Å²) >= 11 is 1.69. The van der Waals surface area contributed by atoms with Gasteiger partial charge in [-0.2, -0.15) is 0 Å². The molecule has 2 N–H and O–H groups in total. The summed E-state index contributed by atoms with van der Waals surface area (Å²) in [5.41, 5.74) is 7.09. The first-order valence-corrected chi connectivity index (χ1v) is 9.36. The van der Waals surface area contributed by atoms with Crippen molar-refractivity contribution in [2.45, 2.75) is 71.1 Å². The number of unbranched alkanes of at least 4 members (excludes halogenated alkanes) is 1. The SMILES string of the molecule is C=C(N)SCCCCC(CC)C(=C)CC1CCCCC1. The topological polar surface area (TPSA) is 26.0 Å². The summed E-state index contributed by atoms with van der Waals surface area (Å²) in [7, 11) is 0. The lowest BCUT2D eigenvalue weighted by atomic mass is 9.80. The second-order valence-electron chi connectivity index (χ2n) is 6.28. The molecular weight excluding hydrogens is 262 g/mol. The first-order valence-electron chi connectivity index (χ1n) is 8.38. The molecule has 1 nitrogen and oxygen atoms in total. The third-order valence-electron chi connectivity index (χ3n) is 4.58. The van der Waals surface area contributed by atoms with E-state index in [9.17, 15) is 0 Å². The molecule has 0 bridgehead atoms. The second kappa shape index (κ2) is 10.4. The van der Waals surface area contributed by atoms with Gasteiger partial charge in [-0.25, -0.2) is 0 Å². The molecule has 116 valence electrons. The molecule has 0 saturated heterocycles. The number of hydrogen-bond acceptors (Lipinski definition) is 2. The van der Waals surface area contributed by atoms with E-state index in [1.807, 2.05) is 0 Å². The van der Waals surface area contributed by atoms with Crippen LogP contribution in [0.25, 0.3) is 0 Å². The van der Waals surface area contributed by atoms with E-state index in [4.69, 9.17) is 5.73 Å². The number of allylic oxidation sites excluding steroid dienone is 1. The van der Waals surface area contributed by atoms with Crippen LogP contribution >= 0.6 is 11.8 Å². The zero-order valence-corrected chi connectivity index (χ0v) is 14.1. The summed E-state index contributed by atoms with van der Waals surface area (Å²) in [6, 6.07) is 0. The molecule has 1 unspecified atom stereocenters. The van der Waals surface area contributed by atoms with Gasteiger partial charge in [0.1, 0.15) is 0 Å². The van der Waals surface area contributed by atoms with E-state index in [1.54, 1.807) is 11.8 Å². The van der Waals surface area contributed by atoms with Gasteiger partial charge in [-0.05, 0) is 43.3 Å². The number of rotatable bonds is 10. The van der Waals surface area contributed by atoms with E-state index < -0.39 is 0 Å². The van der Waals surface area contributed by atoms with Crippen LogP contribution in [0, 0.1) is 11.8 Å². The van der Waals surface area contributed by atoms with Crippen molar-refractivity contribution in [3.63, 3.8) is 0 Å². The highest BCUT2D eigenvalue weighted by Crippen LogP contribution is 2.33. The van der Waals surface area contributed by atoms with Crippen LogP contribution in [0.1, 0.15) is 71.1 Å². The first-order chi connectivity index (χ1) is 9.63. The van der Waals surface area contributed by atoms with Crippen LogP contribution in [-0.4, -0.2) is 5.75 Å².